The number of fused-ring (bicyclic) bond motifs is 1. The molecule has 0 saturated heterocycles. The number of halogens is 1. The average molecular weight is 279 g/mol. The normalized spacial score (nSPS) is 21.5. The number of rotatable bonds is 3. The van der Waals surface area contributed by atoms with Crippen molar-refractivity contribution in [2.75, 3.05) is 6.61 Å². The standard InChI is InChI=1S/C17H23ClO/c18-16(11-13-5-3-1-2-4-6-13)14-7-8-17-15(12-14)9-10-19-17/h7-8,12-13,16H,1-6,9-11H2. The molecule has 1 aromatic carbocycles. The summed E-state index contributed by atoms with van der Waals surface area (Å²) in [7, 11) is 0. The molecule has 0 spiro atoms. The van der Waals surface area contributed by atoms with Crippen molar-refractivity contribution in [3.8, 4) is 5.75 Å². The Bertz CT molecular complexity index is 421. The quantitative estimate of drug-likeness (QED) is 0.541. The highest BCUT2D eigenvalue weighted by atomic mass is 35.5. The Balaban J connectivity index is 1.64. The van der Waals surface area contributed by atoms with Crippen molar-refractivity contribution in [1.82, 2.24) is 0 Å². The van der Waals surface area contributed by atoms with E-state index in [1.165, 1.54) is 49.7 Å². The van der Waals surface area contributed by atoms with E-state index in [0.717, 1.165) is 31.1 Å². The number of benzene rings is 1. The second kappa shape index (κ2) is 6.17. The fourth-order valence-electron chi connectivity index (χ4n) is 3.43. The first-order valence-electron chi connectivity index (χ1n) is 7.72. The third-order valence-electron chi connectivity index (χ3n) is 4.59. The first-order valence-corrected chi connectivity index (χ1v) is 8.16. The molecule has 0 radical (unpaired) electrons. The van der Waals surface area contributed by atoms with Gasteiger partial charge in [-0.05, 0) is 29.5 Å². The Morgan fingerprint density at radius 2 is 1.95 bits per heavy atom. The first kappa shape index (κ1) is 13.3. The predicted molar refractivity (Wildman–Crippen MR) is 80.0 cm³/mol. The van der Waals surface area contributed by atoms with Crippen molar-refractivity contribution >= 4 is 11.6 Å². The summed E-state index contributed by atoms with van der Waals surface area (Å²) in [5, 5.41) is 0.175. The van der Waals surface area contributed by atoms with Crippen LogP contribution in [-0.4, -0.2) is 6.61 Å². The van der Waals surface area contributed by atoms with E-state index < -0.39 is 0 Å². The van der Waals surface area contributed by atoms with Gasteiger partial charge in [0.15, 0.2) is 0 Å². The minimum Gasteiger partial charge on any atom is -0.493 e. The lowest BCUT2D eigenvalue weighted by Gasteiger charge is -2.18. The maximum Gasteiger partial charge on any atom is 0.122 e. The van der Waals surface area contributed by atoms with Crippen LogP contribution in [0, 0.1) is 5.92 Å². The molecule has 1 fully saturated rings. The zero-order chi connectivity index (χ0) is 13.1. The zero-order valence-electron chi connectivity index (χ0n) is 11.5. The van der Waals surface area contributed by atoms with Crippen molar-refractivity contribution in [2.24, 2.45) is 5.92 Å². The van der Waals surface area contributed by atoms with Gasteiger partial charge < -0.3 is 4.74 Å². The third kappa shape index (κ3) is 3.25. The Morgan fingerprint density at radius 3 is 2.74 bits per heavy atom. The maximum atomic E-state index is 6.65. The minimum absolute atomic E-state index is 0.175. The molecule has 1 saturated carbocycles. The molecule has 0 N–H and O–H groups in total. The molecule has 2 aliphatic rings. The highest BCUT2D eigenvalue weighted by Crippen LogP contribution is 2.36. The van der Waals surface area contributed by atoms with Crippen LogP contribution >= 0.6 is 11.6 Å². The van der Waals surface area contributed by atoms with E-state index in [2.05, 4.69) is 18.2 Å². The summed E-state index contributed by atoms with van der Waals surface area (Å²) in [4.78, 5) is 0. The van der Waals surface area contributed by atoms with Crippen LogP contribution < -0.4 is 4.74 Å². The van der Waals surface area contributed by atoms with Gasteiger partial charge in [-0.25, -0.2) is 0 Å². The van der Waals surface area contributed by atoms with Crippen LogP contribution in [0.15, 0.2) is 18.2 Å². The Hall–Kier alpha value is -0.690. The topological polar surface area (TPSA) is 9.23 Å². The first-order chi connectivity index (χ1) is 9.33. The van der Waals surface area contributed by atoms with E-state index >= 15 is 0 Å². The summed E-state index contributed by atoms with van der Waals surface area (Å²) in [6.45, 7) is 0.828. The predicted octanol–water partition coefficient (Wildman–Crippen LogP) is 5.26. The van der Waals surface area contributed by atoms with Crippen molar-refractivity contribution < 1.29 is 4.74 Å². The Kier molecular flexibility index (Phi) is 4.32. The number of hydrogen-bond donors (Lipinski definition) is 0. The molecule has 1 aliphatic carbocycles. The molecule has 1 heterocycles. The fraction of sp³-hybridized carbons (Fsp3) is 0.647. The van der Waals surface area contributed by atoms with Gasteiger partial charge in [0.25, 0.3) is 0 Å². The number of hydrogen-bond acceptors (Lipinski definition) is 1. The molecule has 0 amide bonds. The third-order valence-corrected chi connectivity index (χ3v) is 5.02. The molecular weight excluding hydrogens is 256 g/mol. The van der Waals surface area contributed by atoms with Crippen molar-refractivity contribution in [3.05, 3.63) is 29.3 Å². The molecule has 1 atom stereocenters. The summed E-state index contributed by atoms with van der Waals surface area (Å²) in [6.07, 6.45) is 10.5. The SMILES string of the molecule is ClC(CC1CCCCCC1)c1ccc2c(c1)CCO2. The lowest BCUT2D eigenvalue weighted by atomic mass is 9.92. The molecule has 3 rings (SSSR count). The second-order valence-corrected chi connectivity index (χ2v) is 6.55. The van der Waals surface area contributed by atoms with Crippen LogP contribution in [0.5, 0.6) is 5.75 Å². The van der Waals surface area contributed by atoms with Crippen molar-refractivity contribution in [3.63, 3.8) is 0 Å². The van der Waals surface area contributed by atoms with E-state index in [-0.39, 0.29) is 5.38 Å². The molecule has 1 unspecified atom stereocenters. The summed E-state index contributed by atoms with van der Waals surface area (Å²) < 4.78 is 5.56. The molecule has 19 heavy (non-hydrogen) atoms. The minimum atomic E-state index is 0.175. The molecule has 1 aliphatic heterocycles. The highest BCUT2D eigenvalue weighted by Gasteiger charge is 2.20. The molecule has 1 nitrogen and oxygen atoms in total. The molecule has 1 aromatic rings. The van der Waals surface area contributed by atoms with Crippen LogP contribution in [0.1, 0.15) is 61.4 Å². The molecular formula is C17H23ClO. The van der Waals surface area contributed by atoms with Crippen LogP contribution in [0.4, 0.5) is 0 Å². The molecule has 2 heteroatoms. The maximum absolute atomic E-state index is 6.65. The number of alkyl halides is 1. The van der Waals surface area contributed by atoms with Crippen LogP contribution in [-0.2, 0) is 6.42 Å². The lowest BCUT2D eigenvalue weighted by Crippen LogP contribution is -2.03. The average Bonchev–Trinajstić information content (AvgIpc) is 2.75. The van der Waals surface area contributed by atoms with Gasteiger partial charge in [0.2, 0.25) is 0 Å². The van der Waals surface area contributed by atoms with E-state index in [0.29, 0.717) is 0 Å². The summed E-state index contributed by atoms with van der Waals surface area (Å²) in [5.74, 6) is 1.89. The van der Waals surface area contributed by atoms with Gasteiger partial charge in [0, 0.05) is 6.42 Å². The molecule has 104 valence electrons. The van der Waals surface area contributed by atoms with Gasteiger partial charge >= 0.3 is 0 Å². The van der Waals surface area contributed by atoms with Crippen LogP contribution in [0.2, 0.25) is 0 Å². The summed E-state index contributed by atoms with van der Waals surface area (Å²) >= 11 is 6.65. The molecule has 0 bridgehead atoms. The highest BCUT2D eigenvalue weighted by molar-refractivity contribution is 6.20. The van der Waals surface area contributed by atoms with Gasteiger partial charge in [-0.2, -0.15) is 0 Å². The van der Waals surface area contributed by atoms with Gasteiger partial charge in [-0.3, -0.25) is 0 Å². The second-order valence-electron chi connectivity index (χ2n) is 6.03. The number of ether oxygens (including phenoxy) is 1. The van der Waals surface area contributed by atoms with Gasteiger partial charge in [-0.15, -0.1) is 11.6 Å². The summed E-state index contributed by atoms with van der Waals surface area (Å²) in [6, 6.07) is 6.51. The smallest absolute Gasteiger partial charge is 0.122 e. The van der Waals surface area contributed by atoms with E-state index in [1.54, 1.807) is 0 Å². The van der Waals surface area contributed by atoms with Crippen molar-refractivity contribution in [2.45, 2.75) is 56.7 Å². The Morgan fingerprint density at radius 1 is 1.16 bits per heavy atom. The largest absolute Gasteiger partial charge is 0.493 e. The lowest BCUT2D eigenvalue weighted by molar-refractivity contribution is 0.356. The summed E-state index contributed by atoms with van der Waals surface area (Å²) in [5.41, 5.74) is 2.62. The zero-order valence-corrected chi connectivity index (χ0v) is 12.3. The Labute approximate surface area is 121 Å². The van der Waals surface area contributed by atoms with Gasteiger partial charge in [0.1, 0.15) is 5.75 Å². The van der Waals surface area contributed by atoms with E-state index in [1.807, 2.05) is 0 Å². The van der Waals surface area contributed by atoms with Gasteiger partial charge in [0.05, 0.1) is 12.0 Å². The monoisotopic (exact) mass is 278 g/mol. The van der Waals surface area contributed by atoms with Crippen LogP contribution in [0.3, 0.4) is 0 Å². The molecule has 0 aromatic heterocycles. The van der Waals surface area contributed by atoms with Gasteiger partial charge in [-0.1, -0.05) is 50.7 Å². The van der Waals surface area contributed by atoms with Crippen molar-refractivity contribution in [1.29, 1.82) is 0 Å². The van der Waals surface area contributed by atoms with Crippen LogP contribution in [0.25, 0.3) is 0 Å². The van der Waals surface area contributed by atoms with E-state index in [4.69, 9.17) is 16.3 Å². The van der Waals surface area contributed by atoms with E-state index in [9.17, 15) is 0 Å². The fourth-order valence-corrected chi connectivity index (χ4v) is 3.82.